The molecule has 3 heterocycles. The number of nitrogens with two attached hydrogens (primary N) is 1. The van der Waals surface area contributed by atoms with Crippen LogP contribution in [0.15, 0.2) is 24.5 Å². The van der Waals surface area contributed by atoms with Gasteiger partial charge in [-0.05, 0) is 42.8 Å². The quantitative estimate of drug-likeness (QED) is 0.510. The number of nitrogen functional groups attached to an aromatic ring is 1. The summed E-state index contributed by atoms with van der Waals surface area (Å²) in [4.78, 5) is 21.8. The van der Waals surface area contributed by atoms with Crippen LogP contribution in [0.3, 0.4) is 0 Å². The Hall–Kier alpha value is -3.66. The van der Waals surface area contributed by atoms with E-state index in [9.17, 15) is 9.90 Å². The Morgan fingerprint density at radius 3 is 2.82 bits per heavy atom. The molecule has 1 fully saturated rings. The van der Waals surface area contributed by atoms with Crippen molar-refractivity contribution in [3.05, 3.63) is 35.9 Å². The van der Waals surface area contributed by atoms with Crippen molar-refractivity contribution in [2.24, 2.45) is 0 Å². The third kappa shape index (κ3) is 3.46. The highest BCUT2D eigenvalue weighted by Gasteiger charge is 2.38. The van der Waals surface area contributed by atoms with E-state index in [2.05, 4.69) is 15.3 Å². The molecule has 5 rings (SSSR count). The van der Waals surface area contributed by atoms with E-state index in [1.165, 1.54) is 11.1 Å². The molecule has 9 nitrogen and oxygen atoms in total. The maximum atomic E-state index is 15.3. The van der Waals surface area contributed by atoms with Gasteiger partial charge in [-0.2, -0.15) is 0 Å². The van der Waals surface area contributed by atoms with E-state index in [-0.39, 0.29) is 29.2 Å². The molecule has 0 saturated heterocycles. The van der Waals surface area contributed by atoms with Crippen LogP contribution < -0.4 is 20.7 Å². The molecule has 1 aliphatic carbocycles. The van der Waals surface area contributed by atoms with Crippen molar-refractivity contribution in [2.75, 3.05) is 36.2 Å². The molecule has 4 N–H and O–H groups in total. The molecule has 3 aromatic rings. The first-order valence-corrected chi connectivity index (χ1v) is 10.7. The van der Waals surface area contributed by atoms with E-state index in [1.807, 2.05) is 6.92 Å². The summed E-state index contributed by atoms with van der Waals surface area (Å²) in [5.74, 6) is 0.174. The first-order valence-electron chi connectivity index (χ1n) is 10.7. The lowest BCUT2D eigenvalue weighted by Gasteiger charge is -2.40. The topological polar surface area (TPSA) is 123 Å². The highest BCUT2D eigenvalue weighted by molar-refractivity contribution is 5.99. The minimum atomic E-state index is -1.10. The Balaban J connectivity index is 1.61. The fourth-order valence-corrected chi connectivity index (χ4v) is 4.49. The SMILES string of the molecule is CO[C@H]1C[C@@H](N(C(=O)O)c2cc3cc(-c4cnc5c(c4C)NCCO5)c(F)c(N)c3cn2)C1. The predicted molar refractivity (Wildman–Crippen MR) is 122 cm³/mol. The van der Waals surface area contributed by atoms with Crippen LogP contribution in [0.25, 0.3) is 21.9 Å². The number of aromatic nitrogens is 2. The Bertz CT molecular complexity index is 1260. The fourth-order valence-electron chi connectivity index (χ4n) is 4.49. The van der Waals surface area contributed by atoms with Gasteiger partial charge in [0.25, 0.3) is 0 Å². The minimum Gasteiger partial charge on any atom is -0.474 e. The number of rotatable bonds is 4. The molecule has 10 heteroatoms. The second-order valence-corrected chi connectivity index (χ2v) is 8.30. The summed E-state index contributed by atoms with van der Waals surface area (Å²) in [5.41, 5.74) is 8.46. The summed E-state index contributed by atoms with van der Waals surface area (Å²) < 4.78 is 26.2. The van der Waals surface area contributed by atoms with Crippen molar-refractivity contribution in [2.45, 2.75) is 31.9 Å². The Kier molecular flexibility index (Phi) is 5.16. The number of hydrogen-bond acceptors (Lipinski definition) is 7. The highest BCUT2D eigenvalue weighted by atomic mass is 19.1. The van der Waals surface area contributed by atoms with E-state index in [0.29, 0.717) is 48.2 Å². The Labute approximate surface area is 189 Å². The molecule has 0 atom stereocenters. The maximum Gasteiger partial charge on any atom is 0.413 e. The molecule has 33 heavy (non-hydrogen) atoms. The highest BCUT2D eigenvalue weighted by Crippen LogP contribution is 2.40. The largest absolute Gasteiger partial charge is 0.474 e. The molecule has 172 valence electrons. The van der Waals surface area contributed by atoms with Gasteiger partial charge >= 0.3 is 6.09 Å². The number of fused-ring (bicyclic) bond motifs is 2. The van der Waals surface area contributed by atoms with E-state index in [4.69, 9.17) is 15.2 Å². The van der Waals surface area contributed by atoms with Crippen LogP contribution in [0.1, 0.15) is 18.4 Å². The number of anilines is 3. The van der Waals surface area contributed by atoms with Gasteiger partial charge in [0.2, 0.25) is 5.88 Å². The van der Waals surface area contributed by atoms with Crippen LogP contribution in [0.4, 0.5) is 26.4 Å². The van der Waals surface area contributed by atoms with Crippen molar-refractivity contribution >= 4 is 34.1 Å². The Morgan fingerprint density at radius 2 is 2.09 bits per heavy atom. The monoisotopic (exact) mass is 453 g/mol. The number of carboxylic acid groups (broad SMARTS) is 1. The normalized spacial score (nSPS) is 19.2. The number of hydrogen-bond donors (Lipinski definition) is 3. The van der Waals surface area contributed by atoms with Crippen molar-refractivity contribution in [1.29, 1.82) is 0 Å². The molecule has 0 spiro atoms. The standard InChI is InChI=1S/C23H24FN5O4/c1-11-16(9-28-22-21(11)26-3-4-33-22)15-5-12-6-18(27-10-17(12)20(25)19(15)24)29(23(30)31)13-7-14(8-13)32-2/h5-6,9-10,13-14,26H,3-4,7-8,25H2,1-2H3,(H,30,31)/t13-,14+. The van der Waals surface area contributed by atoms with Crippen LogP contribution >= 0.6 is 0 Å². The van der Waals surface area contributed by atoms with Gasteiger partial charge in [-0.15, -0.1) is 0 Å². The fraction of sp³-hybridized carbons (Fsp3) is 0.348. The minimum absolute atomic E-state index is 0.0331. The smallest absolute Gasteiger partial charge is 0.413 e. The third-order valence-corrected chi connectivity index (χ3v) is 6.44. The first kappa shape index (κ1) is 21.2. The van der Waals surface area contributed by atoms with Crippen LogP contribution in [-0.2, 0) is 4.74 Å². The predicted octanol–water partition coefficient (Wildman–Crippen LogP) is 3.79. The molecule has 0 unspecified atom stereocenters. The summed E-state index contributed by atoms with van der Waals surface area (Å²) in [6, 6.07) is 3.06. The second-order valence-electron chi connectivity index (χ2n) is 8.30. The van der Waals surface area contributed by atoms with Crippen molar-refractivity contribution in [1.82, 2.24) is 9.97 Å². The van der Waals surface area contributed by atoms with E-state index < -0.39 is 11.9 Å². The molecule has 1 aliphatic heterocycles. The van der Waals surface area contributed by atoms with Crippen molar-refractivity contribution < 1.29 is 23.8 Å². The summed E-state index contributed by atoms with van der Waals surface area (Å²) in [7, 11) is 1.61. The van der Waals surface area contributed by atoms with Crippen LogP contribution in [0, 0.1) is 12.7 Å². The number of methoxy groups -OCH3 is 1. The molecular weight excluding hydrogens is 429 g/mol. The lowest BCUT2D eigenvalue weighted by molar-refractivity contribution is 0.0257. The number of carbonyl (C=O) groups is 1. The van der Waals surface area contributed by atoms with E-state index in [1.54, 1.807) is 25.4 Å². The average Bonchev–Trinajstić information content (AvgIpc) is 2.78. The molecule has 0 bridgehead atoms. The number of ether oxygens (including phenoxy) is 2. The van der Waals surface area contributed by atoms with Crippen LogP contribution in [0.5, 0.6) is 5.88 Å². The second kappa shape index (κ2) is 8.04. The number of amides is 1. The number of nitrogens with zero attached hydrogens (tertiary/aromatic N) is 3. The molecule has 1 aromatic carbocycles. The molecule has 2 aliphatic rings. The molecule has 2 aromatic heterocycles. The summed E-state index contributed by atoms with van der Waals surface area (Å²) in [5, 5.41) is 14.1. The number of benzene rings is 1. The molecule has 1 amide bonds. The van der Waals surface area contributed by atoms with Crippen molar-refractivity contribution in [3.63, 3.8) is 0 Å². The van der Waals surface area contributed by atoms with Crippen LogP contribution in [-0.4, -0.2) is 53.6 Å². The number of nitrogens with one attached hydrogen (secondary N) is 1. The van der Waals surface area contributed by atoms with E-state index in [0.717, 1.165) is 11.3 Å². The average molecular weight is 453 g/mol. The van der Waals surface area contributed by atoms with Crippen LogP contribution in [0.2, 0.25) is 0 Å². The first-order chi connectivity index (χ1) is 15.9. The zero-order valence-electron chi connectivity index (χ0n) is 18.3. The maximum absolute atomic E-state index is 15.3. The van der Waals surface area contributed by atoms with Gasteiger partial charge in [-0.1, -0.05) is 0 Å². The van der Waals surface area contributed by atoms with Gasteiger partial charge in [0.05, 0.1) is 11.8 Å². The van der Waals surface area contributed by atoms with Gasteiger partial charge in [-0.3, -0.25) is 4.90 Å². The van der Waals surface area contributed by atoms with E-state index >= 15 is 4.39 Å². The Morgan fingerprint density at radius 1 is 1.30 bits per heavy atom. The van der Waals surface area contributed by atoms with Gasteiger partial charge in [0.1, 0.15) is 18.1 Å². The molecule has 1 saturated carbocycles. The summed E-state index contributed by atoms with van der Waals surface area (Å²) in [6.45, 7) is 3.01. The lowest BCUT2D eigenvalue weighted by atomic mass is 9.88. The van der Waals surface area contributed by atoms with Gasteiger partial charge in [-0.25, -0.2) is 19.2 Å². The zero-order valence-corrected chi connectivity index (χ0v) is 18.3. The zero-order chi connectivity index (χ0) is 23.3. The van der Waals surface area contributed by atoms with Gasteiger partial charge in [0.15, 0.2) is 5.82 Å². The number of halogens is 1. The van der Waals surface area contributed by atoms with Gasteiger partial charge in [0, 0.05) is 48.6 Å². The number of pyridine rings is 2. The van der Waals surface area contributed by atoms with Crippen molar-refractivity contribution in [3.8, 4) is 17.0 Å². The molecular formula is C23H24FN5O4. The lowest BCUT2D eigenvalue weighted by Crippen LogP contribution is -2.50. The molecule has 0 radical (unpaired) electrons. The third-order valence-electron chi connectivity index (χ3n) is 6.44. The summed E-state index contributed by atoms with van der Waals surface area (Å²) >= 11 is 0. The summed E-state index contributed by atoms with van der Waals surface area (Å²) in [6.07, 6.45) is 3.10. The van der Waals surface area contributed by atoms with Gasteiger partial charge < -0.3 is 25.6 Å².